The number of thiocarbonyl (C=S) groups is 1. The molecule has 0 unspecified atom stereocenters. The average Bonchev–Trinajstić information content (AvgIpc) is 2.40. The predicted octanol–water partition coefficient (Wildman–Crippen LogP) is 2.23. The van der Waals surface area contributed by atoms with Gasteiger partial charge in [0.25, 0.3) is 0 Å². The third kappa shape index (κ3) is 3.47. The summed E-state index contributed by atoms with van der Waals surface area (Å²) in [5.41, 5.74) is 5.18. The highest BCUT2D eigenvalue weighted by Gasteiger charge is 2.41. The van der Waals surface area contributed by atoms with Gasteiger partial charge in [-0.3, -0.25) is 0 Å². The molecule has 2 aliphatic rings. The monoisotopic (exact) mass is 304 g/mol. The second-order valence-corrected chi connectivity index (χ2v) is 8.31. The van der Waals surface area contributed by atoms with Crippen molar-refractivity contribution in [3.8, 4) is 0 Å². The number of nitrogens with two attached hydrogens (primary N) is 1. The summed E-state index contributed by atoms with van der Waals surface area (Å²) in [6, 6.07) is 0. The number of sulfonamides is 1. The zero-order valence-electron chi connectivity index (χ0n) is 11.4. The maximum Gasteiger partial charge on any atom is 0.215 e. The summed E-state index contributed by atoms with van der Waals surface area (Å²) in [7, 11) is -3.30. The van der Waals surface area contributed by atoms with E-state index < -0.39 is 15.6 Å². The minimum Gasteiger partial charge on any atom is -0.392 e. The third-order valence-electron chi connectivity index (χ3n) is 4.51. The quantitative estimate of drug-likeness (QED) is 0.781. The Hall–Kier alpha value is -0.200. The van der Waals surface area contributed by atoms with Gasteiger partial charge >= 0.3 is 0 Å². The first-order chi connectivity index (χ1) is 8.96. The van der Waals surface area contributed by atoms with Crippen LogP contribution in [0, 0.1) is 0 Å². The fourth-order valence-electron chi connectivity index (χ4n) is 3.29. The van der Waals surface area contributed by atoms with Crippen molar-refractivity contribution >= 4 is 27.2 Å². The van der Waals surface area contributed by atoms with Crippen LogP contribution >= 0.6 is 12.2 Å². The van der Waals surface area contributed by atoms with Crippen molar-refractivity contribution in [3.05, 3.63) is 0 Å². The molecule has 2 aliphatic carbocycles. The van der Waals surface area contributed by atoms with Crippen molar-refractivity contribution < 1.29 is 8.42 Å². The Morgan fingerprint density at radius 3 is 2.11 bits per heavy atom. The highest BCUT2D eigenvalue weighted by molar-refractivity contribution is 7.90. The minimum absolute atomic E-state index is 0.255. The highest BCUT2D eigenvalue weighted by Crippen LogP contribution is 2.31. The van der Waals surface area contributed by atoms with Gasteiger partial charge in [-0.05, 0) is 25.7 Å². The van der Waals surface area contributed by atoms with Gasteiger partial charge in [-0.25, -0.2) is 13.1 Å². The fourth-order valence-corrected chi connectivity index (χ4v) is 5.58. The molecule has 0 bridgehead atoms. The van der Waals surface area contributed by atoms with E-state index in [2.05, 4.69) is 4.72 Å². The summed E-state index contributed by atoms with van der Waals surface area (Å²) in [4.78, 5) is 0.312. The van der Waals surface area contributed by atoms with E-state index in [1.807, 2.05) is 0 Å². The summed E-state index contributed by atoms with van der Waals surface area (Å²) in [5, 5.41) is -0.255. The molecule has 3 N–H and O–H groups in total. The van der Waals surface area contributed by atoms with E-state index >= 15 is 0 Å². The van der Waals surface area contributed by atoms with Crippen molar-refractivity contribution in [2.45, 2.75) is 75.0 Å². The van der Waals surface area contributed by atoms with E-state index in [9.17, 15) is 8.42 Å². The Labute approximate surface area is 121 Å². The van der Waals surface area contributed by atoms with Crippen LogP contribution < -0.4 is 10.5 Å². The molecule has 0 radical (unpaired) electrons. The Morgan fingerprint density at radius 2 is 1.58 bits per heavy atom. The van der Waals surface area contributed by atoms with E-state index in [1.54, 1.807) is 0 Å². The molecule has 0 amide bonds. The summed E-state index contributed by atoms with van der Waals surface area (Å²) >= 11 is 5.15. The maximum absolute atomic E-state index is 12.5. The van der Waals surface area contributed by atoms with Crippen molar-refractivity contribution in [2.75, 3.05) is 0 Å². The zero-order valence-corrected chi connectivity index (χ0v) is 13.0. The van der Waals surface area contributed by atoms with Crippen LogP contribution in [0.25, 0.3) is 0 Å². The van der Waals surface area contributed by atoms with E-state index in [0.717, 1.165) is 64.2 Å². The van der Waals surface area contributed by atoms with Crippen molar-refractivity contribution in [1.29, 1.82) is 0 Å². The van der Waals surface area contributed by atoms with Gasteiger partial charge < -0.3 is 5.73 Å². The van der Waals surface area contributed by atoms with Gasteiger partial charge in [0.2, 0.25) is 10.0 Å². The van der Waals surface area contributed by atoms with E-state index in [4.69, 9.17) is 18.0 Å². The first-order valence-electron chi connectivity index (χ1n) is 7.29. The molecule has 6 heteroatoms. The summed E-state index contributed by atoms with van der Waals surface area (Å²) in [6.45, 7) is 0. The largest absolute Gasteiger partial charge is 0.392 e. The normalized spacial score (nSPS) is 25.1. The van der Waals surface area contributed by atoms with Gasteiger partial charge in [0, 0.05) is 0 Å². The van der Waals surface area contributed by atoms with Crippen LogP contribution in [0.15, 0.2) is 0 Å². The maximum atomic E-state index is 12.5. The first kappa shape index (κ1) is 15.2. The molecule has 110 valence electrons. The van der Waals surface area contributed by atoms with Crippen molar-refractivity contribution in [2.24, 2.45) is 5.73 Å². The molecule has 0 heterocycles. The van der Waals surface area contributed by atoms with Crippen molar-refractivity contribution in [1.82, 2.24) is 4.72 Å². The van der Waals surface area contributed by atoms with Crippen LogP contribution in [0.3, 0.4) is 0 Å². The lowest BCUT2D eigenvalue weighted by Gasteiger charge is -2.38. The second-order valence-electron chi connectivity index (χ2n) is 5.91. The lowest BCUT2D eigenvalue weighted by atomic mass is 9.82. The fraction of sp³-hybridized carbons (Fsp3) is 0.923. The van der Waals surface area contributed by atoms with Crippen LogP contribution in [0.1, 0.15) is 64.2 Å². The molecule has 0 aromatic rings. The number of hydrogen-bond donors (Lipinski definition) is 2. The van der Waals surface area contributed by atoms with Gasteiger partial charge in [-0.2, -0.15) is 0 Å². The number of hydrogen-bond acceptors (Lipinski definition) is 3. The first-order valence-corrected chi connectivity index (χ1v) is 9.24. The lowest BCUT2D eigenvalue weighted by Crippen LogP contribution is -2.59. The molecule has 2 saturated carbocycles. The Kier molecular flexibility index (Phi) is 4.84. The molecule has 19 heavy (non-hydrogen) atoms. The molecule has 0 spiro atoms. The van der Waals surface area contributed by atoms with Crippen LogP contribution in [-0.4, -0.2) is 24.2 Å². The highest BCUT2D eigenvalue weighted by atomic mass is 32.2. The standard InChI is InChI=1S/C13H24N2O2S2/c14-12(18)13(9-5-2-6-10-13)15-19(16,17)11-7-3-1-4-8-11/h11,15H,1-10H2,(H2,14,18). The zero-order chi connectivity index (χ0) is 13.9. The summed E-state index contributed by atoms with van der Waals surface area (Å²) in [5.74, 6) is 0. The van der Waals surface area contributed by atoms with Gasteiger partial charge in [-0.1, -0.05) is 50.7 Å². The molecular weight excluding hydrogens is 280 g/mol. The van der Waals surface area contributed by atoms with Crippen LogP contribution in [0.4, 0.5) is 0 Å². The minimum atomic E-state index is -3.30. The molecule has 0 aromatic heterocycles. The summed E-state index contributed by atoms with van der Waals surface area (Å²) in [6.07, 6.45) is 9.29. The van der Waals surface area contributed by atoms with E-state index in [1.165, 1.54) is 0 Å². The molecule has 4 nitrogen and oxygen atoms in total. The second kappa shape index (κ2) is 6.06. The Balaban J connectivity index is 2.13. The third-order valence-corrected chi connectivity index (χ3v) is 6.92. The SMILES string of the molecule is NC(=S)C1(NS(=O)(=O)C2CCCCC2)CCCCC1. The van der Waals surface area contributed by atoms with Crippen LogP contribution in [0.5, 0.6) is 0 Å². The van der Waals surface area contributed by atoms with Crippen molar-refractivity contribution in [3.63, 3.8) is 0 Å². The number of rotatable bonds is 4. The van der Waals surface area contributed by atoms with E-state index in [-0.39, 0.29) is 5.25 Å². The van der Waals surface area contributed by atoms with Crippen LogP contribution in [0.2, 0.25) is 0 Å². The number of nitrogens with one attached hydrogen (secondary N) is 1. The topological polar surface area (TPSA) is 72.2 Å². The smallest absolute Gasteiger partial charge is 0.215 e. The molecule has 0 atom stereocenters. The van der Waals surface area contributed by atoms with Crippen LogP contribution in [-0.2, 0) is 10.0 Å². The Morgan fingerprint density at radius 1 is 1.05 bits per heavy atom. The average molecular weight is 304 g/mol. The van der Waals surface area contributed by atoms with Gasteiger partial charge in [0.05, 0.1) is 15.8 Å². The molecule has 0 aliphatic heterocycles. The van der Waals surface area contributed by atoms with Gasteiger partial charge in [0.1, 0.15) is 0 Å². The molecule has 0 saturated heterocycles. The lowest BCUT2D eigenvalue weighted by molar-refractivity contribution is 0.349. The molecule has 2 fully saturated rings. The molecule has 0 aromatic carbocycles. The van der Waals surface area contributed by atoms with E-state index in [0.29, 0.717) is 4.99 Å². The molecular formula is C13H24N2O2S2. The Bertz CT molecular complexity index is 422. The van der Waals surface area contributed by atoms with Gasteiger partial charge in [-0.15, -0.1) is 0 Å². The summed E-state index contributed by atoms with van der Waals surface area (Å²) < 4.78 is 28.0. The molecule has 2 rings (SSSR count). The predicted molar refractivity (Wildman–Crippen MR) is 81.5 cm³/mol. The van der Waals surface area contributed by atoms with Gasteiger partial charge in [0.15, 0.2) is 0 Å².